The second kappa shape index (κ2) is 9.78. The summed E-state index contributed by atoms with van der Waals surface area (Å²) in [5, 5.41) is 3.92. The van der Waals surface area contributed by atoms with Crippen molar-refractivity contribution < 1.29 is 4.79 Å². The molecule has 0 bridgehead atoms. The Morgan fingerprint density at radius 1 is 1.27 bits per heavy atom. The number of aromatic nitrogens is 2. The maximum absolute atomic E-state index is 12.7. The van der Waals surface area contributed by atoms with Crippen molar-refractivity contribution in [1.82, 2.24) is 20.2 Å². The minimum Gasteiger partial charge on any atom is -0.350 e. The van der Waals surface area contributed by atoms with E-state index in [1.54, 1.807) is 6.20 Å². The number of aryl methyl sites for hydroxylation is 1. The molecule has 6 heteroatoms. The smallest absolute Gasteiger partial charge is 0.263 e. The van der Waals surface area contributed by atoms with E-state index in [1.165, 1.54) is 11.3 Å². The third-order valence-electron chi connectivity index (χ3n) is 4.46. The molecule has 2 aromatic heterocycles. The number of carbonyl (C=O) groups excluding carboxylic acids is 1. The summed E-state index contributed by atoms with van der Waals surface area (Å²) in [7, 11) is 0. The Morgan fingerprint density at radius 3 is 2.58 bits per heavy atom. The molecule has 0 aliphatic heterocycles. The molecule has 1 unspecified atom stereocenters. The number of likely N-dealkylation sites (N-methyl/N-ethyl adjacent to an activating group) is 1. The average molecular weight is 375 g/mol. The quantitative estimate of drug-likeness (QED) is 0.721. The lowest BCUT2D eigenvalue weighted by atomic mass is 10.0. The van der Waals surface area contributed by atoms with Gasteiger partial charge in [-0.3, -0.25) is 14.7 Å². The van der Waals surface area contributed by atoms with E-state index in [1.807, 2.05) is 25.1 Å². The van der Waals surface area contributed by atoms with Gasteiger partial charge in [0.05, 0.1) is 11.4 Å². The average Bonchev–Trinajstić information content (AvgIpc) is 3.02. The molecule has 2 aromatic rings. The van der Waals surface area contributed by atoms with Gasteiger partial charge in [0.15, 0.2) is 0 Å². The Bertz CT molecular complexity index is 695. The van der Waals surface area contributed by atoms with Gasteiger partial charge in [-0.1, -0.05) is 33.8 Å². The molecular formula is C20H30N4OS. The second-order valence-corrected chi connectivity index (χ2v) is 7.86. The lowest BCUT2D eigenvalue weighted by molar-refractivity contribution is 0.0932. The van der Waals surface area contributed by atoms with E-state index in [9.17, 15) is 4.79 Å². The first-order chi connectivity index (χ1) is 12.5. The molecule has 1 N–H and O–H groups in total. The Morgan fingerprint density at radius 2 is 2.00 bits per heavy atom. The molecule has 142 valence electrons. The van der Waals surface area contributed by atoms with Gasteiger partial charge >= 0.3 is 0 Å². The highest BCUT2D eigenvalue weighted by Gasteiger charge is 2.21. The van der Waals surface area contributed by atoms with Crippen LogP contribution in [0.15, 0.2) is 24.4 Å². The summed E-state index contributed by atoms with van der Waals surface area (Å²) >= 11 is 1.41. The lowest BCUT2D eigenvalue weighted by Gasteiger charge is -2.31. The van der Waals surface area contributed by atoms with Crippen LogP contribution in [-0.4, -0.2) is 46.5 Å². The summed E-state index contributed by atoms with van der Waals surface area (Å²) in [6.07, 6.45) is 2.81. The molecule has 1 atom stereocenters. The molecule has 0 spiro atoms. The second-order valence-electron chi connectivity index (χ2n) is 6.86. The Labute approximate surface area is 160 Å². The molecule has 0 radical (unpaired) electrons. The highest BCUT2D eigenvalue weighted by atomic mass is 32.1. The normalized spacial score (nSPS) is 12.6. The zero-order valence-electron chi connectivity index (χ0n) is 16.5. The van der Waals surface area contributed by atoms with Crippen LogP contribution in [0.5, 0.6) is 0 Å². The fourth-order valence-electron chi connectivity index (χ4n) is 3.14. The molecule has 5 nitrogen and oxygen atoms in total. The number of hydrogen-bond donors (Lipinski definition) is 1. The number of carbonyl (C=O) groups is 1. The minimum absolute atomic E-state index is 0.0388. The highest BCUT2D eigenvalue weighted by molar-refractivity contribution is 7.17. The van der Waals surface area contributed by atoms with Crippen LogP contribution in [0.4, 0.5) is 0 Å². The Hall–Kier alpha value is -1.79. The monoisotopic (exact) mass is 374 g/mol. The van der Waals surface area contributed by atoms with Crippen LogP contribution in [0.2, 0.25) is 0 Å². The first kappa shape index (κ1) is 20.5. The van der Waals surface area contributed by atoms with Crippen molar-refractivity contribution in [3.05, 3.63) is 35.0 Å². The van der Waals surface area contributed by atoms with Crippen LogP contribution in [-0.2, 0) is 0 Å². The molecule has 1 amide bonds. The van der Waals surface area contributed by atoms with Gasteiger partial charge in [0.1, 0.15) is 9.88 Å². The zero-order chi connectivity index (χ0) is 19.1. The number of amides is 1. The largest absolute Gasteiger partial charge is 0.350 e. The molecule has 0 aliphatic carbocycles. The number of thiazole rings is 1. The van der Waals surface area contributed by atoms with Crippen molar-refractivity contribution in [2.24, 2.45) is 5.92 Å². The van der Waals surface area contributed by atoms with Gasteiger partial charge in [0.25, 0.3) is 5.91 Å². The summed E-state index contributed by atoms with van der Waals surface area (Å²) in [6.45, 7) is 13.3. The summed E-state index contributed by atoms with van der Waals surface area (Å²) in [5.41, 5.74) is 1.57. The molecule has 0 aliphatic rings. The van der Waals surface area contributed by atoms with Gasteiger partial charge < -0.3 is 5.32 Å². The van der Waals surface area contributed by atoms with E-state index in [0.717, 1.165) is 35.9 Å². The van der Waals surface area contributed by atoms with Gasteiger partial charge in [-0.25, -0.2) is 4.98 Å². The van der Waals surface area contributed by atoms with Gasteiger partial charge in [0.2, 0.25) is 0 Å². The molecule has 2 heterocycles. The zero-order valence-corrected chi connectivity index (χ0v) is 17.3. The van der Waals surface area contributed by atoms with Crippen LogP contribution >= 0.6 is 11.3 Å². The maximum Gasteiger partial charge on any atom is 0.263 e. The topological polar surface area (TPSA) is 58.1 Å². The van der Waals surface area contributed by atoms with Crippen molar-refractivity contribution in [3.63, 3.8) is 0 Å². The lowest BCUT2D eigenvalue weighted by Crippen LogP contribution is -2.44. The van der Waals surface area contributed by atoms with E-state index >= 15 is 0 Å². The van der Waals surface area contributed by atoms with Gasteiger partial charge in [-0.2, -0.15) is 0 Å². The fourth-order valence-corrected chi connectivity index (χ4v) is 4.10. The summed E-state index contributed by atoms with van der Waals surface area (Å²) < 4.78 is 0. The van der Waals surface area contributed by atoms with Crippen molar-refractivity contribution in [2.45, 2.75) is 47.1 Å². The van der Waals surface area contributed by atoms with Crippen LogP contribution in [0.3, 0.4) is 0 Å². The first-order valence-electron chi connectivity index (χ1n) is 9.37. The number of nitrogens with one attached hydrogen (secondary N) is 1. The summed E-state index contributed by atoms with van der Waals surface area (Å²) in [4.78, 5) is 24.7. The molecule has 26 heavy (non-hydrogen) atoms. The van der Waals surface area contributed by atoms with Crippen molar-refractivity contribution in [1.29, 1.82) is 0 Å². The number of hydrogen-bond acceptors (Lipinski definition) is 5. The van der Waals surface area contributed by atoms with Crippen LogP contribution in [0, 0.1) is 12.8 Å². The standard InChI is InChI=1S/C20H30N4OS/c1-6-24(7-2)16(12-14(3)4)13-22-19(25)18-15(5)23-20(26-18)17-10-8-9-11-21-17/h8-11,14,16H,6-7,12-13H2,1-5H3,(H,22,25). The molecule has 0 saturated carbocycles. The van der Waals surface area contributed by atoms with Gasteiger partial charge in [-0.15, -0.1) is 11.3 Å². The number of pyridine rings is 1. The van der Waals surface area contributed by atoms with Crippen LogP contribution in [0.1, 0.15) is 49.5 Å². The van der Waals surface area contributed by atoms with Crippen LogP contribution < -0.4 is 5.32 Å². The summed E-state index contributed by atoms with van der Waals surface area (Å²) in [6, 6.07) is 6.08. The Balaban J connectivity index is 2.08. The van der Waals surface area contributed by atoms with Crippen molar-refractivity contribution in [3.8, 4) is 10.7 Å². The van der Waals surface area contributed by atoms with Crippen molar-refractivity contribution in [2.75, 3.05) is 19.6 Å². The minimum atomic E-state index is -0.0388. The van der Waals surface area contributed by atoms with E-state index in [4.69, 9.17) is 0 Å². The van der Waals surface area contributed by atoms with E-state index in [0.29, 0.717) is 23.4 Å². The van der Waals surface area contributed by atoms with Crippen LogP contribution in [0.25, 0.3) is 10.7 Å². The predicted molar refractivity (Wildman–Crippen MR) is 109 cm³/mol. The van der Waals surface area contributed by atoms with E-state index in [2.05, 4.69) is 47.9 Å². The van der Waals surface area contributed by atoms with E-state index < -0.39 is 0 Å². The fraction of sp³-hybridized carbons (Fsp3) is 0.550. The highest BCUT2D eigenvalue weighted by Crippen LogP contribution is 2.26. The SMILES string of the molecule is CCN(CC)C(CNC(=O)c1sc(-c2ccccn2)nc1C)CC(C)C. The van der Waals surface area contributed by atoms with Gasteiger partial charge in [0, 0.05) is 18.8 Å². The van der Waals surface area contributed by atoms with Gasteiger partial charge in [-0.05, 0) is 44.5 Å². The van der Waals surface area contributed by atoms with Crippen molar-refractivity contribution >= 4 is 17.2 Å². The number of rotatable bonds is 9. The Kier molecular flexibility index (Phi) is 7.72. The number of nitrogens with zero attached hydrogens (tertiary/aromatic N) is 3. The molecule has 0 aromatic carbocycles. The molecular weight excluding hydrogens is 344 g/mol. The predicted octanol–water partition coefficient (Wildman–Crippen LogP) is 4.00. The molecule has 0 fully saturated rings. The third kappa shape index (κ3) is 5.35. The van der Waals surface area contributed by atoms with E-state index in [-0.39, 0.29) is 5.91 Å². The maximum atomic E-state index is 12.7. The first-order valence-corrected chi connectivity index (χ1v) is 10.2. The summed E-state index contributed by atoms with van der Waals surface area (Å²) in [5.74, 6) is 0.557. The molecule has 0 saturated heterocycles. The molecule has 2 rings (SSSR count). The third-order valence-corrected chi connectivity index (χ3v) is 5.64.